The van der Waals surface area contributed by atoms with Crippen LogP contribution in [0.3, 0.4) is 0 Å². The Kier molecular flexibility index (Phi) is 5.46. The minimum absolute atomic E-state index is 0.248. The van der Waals surface area contributed by atoms with Crippen LogP contribution in [0.4, 0.5) is 4.39 Å². The maximum atomic E-state index is 13.3. The van der Waals surface area contributed by atoms with Crippen molar-refractivity contribution in [3.63, 3.8) is 0 Å². The van der Waals surface area contributed by atoms with E-state index in [0.717, 1.165) is 0 Å². The van der Waals surface area contributed by atoms with Gasteiger partial charge in [-0.2, -0.15) is 0 Å². The topological polar surface area (TPSA) is 55.1 Å². The number of nitrogens with two attached hydrogens (primary N) is 1. The van der Waals surface area contributed by atoms with Crippen molar-refractivity contribution in [2.24, 2.45) is 5.73 Å². The third-order valence-electron chi connectivity index (χ3n) is 2.33. The van der Waals surface area contributed by atoms with E-state index in [4.69, 9.17) is 5.73 Å². The largest absolute Gasteiger partial charge is 0.329 e. The molecule has 6 heteroatoms. The summed E-state index contributed by atoms with van der Waals surface area (Å²) in [5, 5.41) is 0. The summed E-state index contributed by atoms with van der Waals surface area (Å²) in [5.41, 5.74) is 6.34. The molecule has 3 N–H and O–H groups in total. The summed E-state index contributed by atoms with van der Waals surface area (Å²) in [6, 6.07) is 4.21. The van der Waals surface area contributed by atoms with E-state index < -0.39 is 15.7 Å². The monoisotopic (exact) mass is 336 g/mol. The third-order valence-corrected chi connectivity index (χ3v) is 4.40. The fourth-order valence-corrected chi connectivity index (χ4v) is 2.66. The Bertz CT molecular complexity index is 428. The van der Waals surface area contributed by atoms with Crippen LogP contribution in [0.5, 0.6) is 0 Å². The van der Waals surface area contributed by atoms with Crippen LogP contribution >= 0.6 is 15.9 Å². The summed E-state index contributed by atoms with van der Waals surface area (Å²) in [6.45, 7) is 5.85. The number of benzene rings is 1. The van der Waals surface area contributed by atoms with Gasteiger partial charge in [-0.15, -0.1) is 0 Å². The predicted molar refractivity (Wildman–Crippen MR) is 76.9 cm³/mol. The van der Waals surface area contributed by atoms with Crippen LogP contribution in [0.1, 0.15) is 32.4 Å². The fraction of sp³-hybridized carbons (Fsp3) is 0.500. The number of hydrogen-bond acceptors (Lipinski definition) is 2. The van der Waals surface area contributed by atoms with Crippen LogP contribution in [0.2, 0.25) is 0 Å². The normalized spacial score (nSPS) is 15.4. The lowest BCUT2D eigenvalue weighted by molar-refractivity contribution is 0.592. The summed E-state index contributed by atoms with van der Waals surface area (Å²) in [7, 11) is -1.25. The number of nitrogens with one attached hydrogen (secondary N) is 1. The predicted octanol–water partition coefficient (Wildman–Crippen LogP) is 2.64. The number of rotatable bonds is 4. The molecular formula is C12H18BrFN2OS. The lowest BCUT2D eigenvalue weighted by Crippen LogP contribution is -2.38. The standard InChI is InChI=1S/C12H18BrFN2OS/c1-12(2,3)18(17)16-11(7-15)8-4-9(13)6-10(14)5-8/h4-6,11,16H,7,15H2,1-3H3/t11?,18-/m0/s1. The van der Waals surface area contributed by atoms with Gasteiger partial charge in [0, 0.05) is 11.0 Å². The molecule has 18 heavy (non-hydrogen) atoms. The van der Waals surface area contributed by atoms with E-state index in [9.17, 15) is 8.60 Å². The molecule has 1 rings (SSSR count). The SMILES string of the molecule is CC(C)(C)[S@](=O)NC(CN)c1cc(F)cc(Br)c1. The minimum Gasteiger partial charge on any atom is -0.329 e. The first-order chi connectivity index (χ1) is 8.24. The zero-order valence-electron chi connectivity index (χ0n) is 10.7. The van der Waals surface area contributed by atoms with Gasteiger partial charge in [-0.3, -0.25) is 0 Å². The molecule has 0 aromatic heterocycles. The fourth-order valence-electron chi connectivity index (χ4n) is 1.33. The van der Waals surface area contributed by atoms with Crippen molar-refractivity contribution in [3.8, 4) is 0 Å². The van der Waals surface area contributed by atoms with E-state index in [2.05, 4.69) is 20.7 Å². The number of hydrogen-bond donors (Lipinski definition) is 2. The molecule has 0 fully saturated rings. The first-order valence-electron chi connectivity index (χ1n) is 5.58. The molecule has 3 nitrogen and oxygen atoms in total. The van der Waals surface area contributed by atoms with Crippen LogP contribution in [0.25, 0.3) is 0 Å². The molecule has 0 aliphatic heterocycles. The van der Waals surface area contributed by atoms with Gasteiger partial charge in [0.1, 0.15) is 5.82 Å². The maximum absolute atomic E-state index is 13.3. The van der Waals surface area contributed by atoms with Crippen molar-refractivity contribution in [3.05, 3.63) is 34.1 Å². The molecule has 2 atom stereocenters. The summed E-state index contributed by atoms with van der Waals surface area (Å²) in [4.78, 5) is 0. The molecule has 1 unspecified atom stereocenters. The summed E-state index contributed by atoms with van der Waals surface area (Å²) in [6.07, 6.45) is 0. The molecule has 0 aliphatic rings. The highest BCUT2D eigenvalue weighted by Crippen LogP contribution is 2.21. The molecule has 0 heterocycles. The zero-order chi connectivity index (χ0) is 13.9. The summed E-state index contributed by atoms with van der Waals surface area (Å²) in [5.74, 6) is -0.346. The minimum atomic E-state index is -1.25. The highest BCUT2D eigenvalue weighted by Gasteiger charge is 2.23. The van der Waals surface area contributed by atoms with Crippen molar-refractivity contribution in [1.82, 2.24) is 4.72 Å². The molecule has 0 amide bonds. The van der Waals surface area contributed by atoms with Crippen molar-refractivity contribution in [2.75, 3.05) is 6.54 Å². The Morgan fingerprint density at radius 3 is 2.50 bits per heavy atom. The van der Waals surface area contributed by atoms with E-state index in [1.807, 2.05) is 20.8 Å². The van der Waals surface area contributed by atoms with E-state index in [1.165, 1.54) is 12.1 Å². The van der Waals surface area contributed by atoms with Crippen LogP contribution in [0.15, 0.2) is 22.7 Å². The van der Waals surface area contributed by atoms with Crippen molar-refractivity contribution < 1.29 is 8.60 Å². The molecular weight excluding hydrogens is 319 g/mol. The lowest BCUT2D eigenvalue weighted by atomic mass is 10.1. The van der Waals surface area contributed by atoms with Crippen LogP contribution < -0.4 is 10.5 Å². The highest BCUT2D eigenvalue weighted by molar-refractivity contribution is 9.10. The van der Waals surface area contributed by atoms with Crippen LogP contribution in [0, 0.1) is 5.82 Å². The van der Waals surface area contributed by atoms with Gasteiger partial charge in [0.25, 0.3) is 0 Å². The lowest BCUT2D eigenvalue weighted by Gasteiger charge is -2.23. The average molecular weight is 337 g/mol. The van der Waals surface area contributed by atoms with Gasteiger partial charge in [0.2, 0.25) is 0 Å². The van der Waals surface area contributed by atoms with E-state index in [-0.39, 0.29) is 18.4 Å². The summed E-state index contributed by atoms with van der Waals surface area (Å²) < 4.78 is 28.5. The first-order valence-corrected chi connectivity index (χ1v) is 7.52. The van der Waals surface area contributed by atoms with Crippen LogP contribution in [-0.4, -0.2) is 15.5 Å². The Balaban J connectivity index is 2.93. The van der Waals surface area contributed by atoms with Gasteiger partial charge in [0.15, 0.2) is 0 Å². The van der Waals surface area contributed by atoms with Crippen molar-refractivity contribution >= 4 is 26.9 Å². The summed E-state index contributed by atoms with van der Waals surface area (Å²) >= 11 is 3.23. The van der Waals surface area contributed by atoms with Gasteiger partial charge in [0.05, 0.1) is 21.8 Å². The van der Waals surface area contributed by atoms with Gasteiger partial charge < -0.3 is 5.73 Å². The third kappa shape index (κ3) is 4.42. The molecule has 1 aromatic rings. The molecule has 0 saturated carbocycles. The first kappa shape index (κ1) is 15.8. The molecule has 102 valence electrons. The molecule has 0 spiro atoms. The van der Waals surface area contributed by atoms with E-state index in [1.54, 1.807) is 6.07 Å². The zero-order valence-corrected chi connectivity index (χ0v) is 13.1. The Hall–Kier alpha value is -0.300. The highest BCUT2D eigenvalue weighted by atomic mass is 79.9. The smallest absolute Gasteiger partial charge is 0.124 e. The van der Waals surface area contributed by atoms with Gasteiger partial charge >= 0.3 is 0 Å². The molecule has 0 saturated heterocycles. The molecule has 0 aliphatic carbocycles. The number of halogens is 2. The maximum Gasteiger partial charge on any atom is 0.124 e. The molecule has 0 radical (unpaired) electrons. The van der Waals surface area contributed by atoms with Crippen LogP contribution in [-0.2, 0) is 11.0 Å². The van der Waals surface area contributed by atoms with Gasteiger partial charge in [-0.1, -0.05) is 15.9 Å². The second-order valence-electron chi connectivity index (χ2n) is 4.99. The van der Waals surface area contributed by atoms with E-state index in [0.29, 0.717) is 10.0 Å². The Morgan fingerprint density at radius 1 is 1.44 bits per heavy atom. The second kappa shape index (κ2) is 6.23. The second-order valence-corrected chi connectivity index (χ2v) is 7.90. The Labute approximate surface area is 118 Å². The molecule has 0 bridgehead atoms. The van der Waals surface area contributed by atoms with Gasteiger partial charge in [-0.05, 0) is 44.5 Å². The Morgan fingerprint density at radius 2 is 2.06 bits per heavy atom. The van der Waals surface area contributed by atoms with Gasteiger partial charge in [-0.25, -0.2) is 13.3 Å². The quantitative estimate of drug-likeness (QED) is 0.887. The average Bonchev–Trinajstić information content (AvgIpc) is 2.22. The van der Waals surface area contributed by atoms with Crippen molar-refractivity contribution in [2.45, 2.75) is 31.6 Å². The molecule has 1 aromatic carbocycles. The van der Waals surface area contributed by atoms with Crippen molar-refractivity contribution in [1.29, 1.82) is 0 Å². The van der Waals surface area contributed by atoms with E-state index >= 15 is 0 Å².